The lowest BCUT2D eigenvalue weighted by molar-refractivity contribution is -0.157. The number of allylic oxidation sites excluding steroid dienone is 1. The van der Waals surface area contributed by atoms with Crippen LogP contribution in [0, 0.1) is 18.3 Å². The molecule has 1 amide bonds. The van der Waals surface area contributed by atoms with Crippen LogP contribution in [0.1, 0.15) is 71.1 Å². The van der Waals surface area contributed by atoms with E-state index >= 15 is 0 Å². The third-order valence-electron chi connectivity index (χ3n) is 6.88. The van der Waals surface area contributed by atoms with Gasteiger partial charge in [-0.2, -0.15) is 0 Å². The molecule has 0 aliphatic heterocycles. The molecule has 0 radical (unpaired) electrons. The molecular formula is C37H45NO5. The third-order valence-corrected chi connectivity index (χ3v) is 6.88. The maximum Gasteiger partial charge on any atom is 0.329 e. The highest BCUT2D eigenvalue weighted by Gasteiger charge is 2.36. The number of benzene rings is 3. The largest absolute Gasteiger partial charge is 0.460 e. The molecule has 6 nitrogen and oxygen atoms in total. The fourth-order valence-electron chi connectivity index (χ4n) is 4.67. The van der Waals surface area contributed by atoms with Crippen LogP contribution in [-0.2, 0) is 30.5 Å². The number of carbonyl (C=O) groups excluding carboxylic acids is 3. The van der Waals surface area contributed by atoms with Gasteiger partial charge in [-0.25, -0.2) is 4.79 Å². The molecule has 6 heteroatoms. The monoisotopic (exact) mass is 583 g/mol. The van der Waals surface area contributed by atoms with Crippen molar-refractivity contribution in [3.05, 3.63) is 102 Å². The first-order valence-corrected chi connectivity index (χ1v) is 14.8. The maximum atomic E-state index is 13.6. The van der Waals surface area contributed by atoms with Crippen molar-refractivity contribution in [2.75, 3.05) is 0 Å². The lowest BCUT2D eigenvalue weighted by atomic mass is 9.86. The third kappa shape index (κ3) is 10.9. The van der Waals surface area contributed by atoms with Gasteiger partial charge in [0.15, 0.2) is 0 Å². The summed E-state index contributed by atoms with van der Waals surface area (Å²) in [6, 6.07) is 24.9. The fraction of sp³-hybridized carbons (Fsp3) is 0.378. The van der Waals surface area contributed by atoms with Crippen molar-refractivity contribution in [3.8, 4) is 11.1 Å². The Bertz CT molecular complexity index is 1400. The summed E-state index contributed by atoms with van der Waals surface area (Å²) in [4.78, 5) is 39.5. The molecule has 0 bridgehead atoms. The Hall–Kier alpha value is -4.19. The van der Waals surface area contributed by atoms with Gasteiger partial charge in [0.25, 0.3) is 0 Å². The van der Waals surface area contributed by atoms with Crippen LogP contribution in [-0.4, -0.2) is 29.5 Å². The molecule has 0 fully saturated rings. The Morgan fingerprint density at radius 3 is 2.07 bits per heavy atom. The zero-order chi connectivity index (χ0) is 31.6. The van der Waals surface area contributed by atoms with E-state index in [2.05, 4.69) is 36.5 Å². The van der Waals surface area contributed by atoms with E-state index in [-0.39, 0.29) is 13.0 Å². The Kier molecular flexibility index (Phi) is 11.5. The minimum absolute atomic E-state index is 0.106. The van der Waals surface area contributed by atoms with Gasteiger partial charge in [0.1, 0.15) is 18.2 Å². The number of esters is 2. The number of hydrogen-bond acceptors (Lipinski definition) is 5. The van der Waals surface area contributed by atoms with Crippen LogP contribution >= 0.6 is 0 Å². The van der Waals surface area contributed by atoms with E-state index in [9.17, 15) is 14.4 Å². The normalized spacial score (nSPS) is 13.3. The number of rotatable bonds is 11. The summed E-state index contributed by atoms with van der Waals surface area (Å²) in [6.45, 7) is 13.2. The van der Waals surface area contributed by atoms with E-state index in [1.807, 2.05) is 87.5 Å². The Labute approximate surface area is 256 Å². The summed E-state index contributed by atoms with van der Waals surface area (Å²) >= 11 is 0. The molecule has 0 aromatic heterocycles. The summed E-state index contributed by atoms with van der Waals surface area (Å²) in [5.41, 5.74) is 4.00. The minimum Gasteiger partial charge on any atom is -0.460 e. The van der Waals surface area contributed by atoms with Gasteiger partial charge in [0.05, 0.1) is 12.3 Å². The van der Waals surface area contributed by atoms with Gasteiger partial charge in [0, 0.05) is 0 Å². The van der Waals surface area contributed by atoms with E-state index in [0.29, 0.717) is 6.42 Å². The quantitative estimate of drug-likeness (QED) is 0.234. The Morgan fingerprint density at radius 2 is 1.49 bits per heavy atom. The Morgan fingerprint density at radius 1 is 0.860 bits per heavy atom. The summed E-state index contributed by atoms with van der Waals surface area (Å²) in [5, 5.41) is 2.89. The molecule has 228 valence electrons. The molecule has 0 aliphatic rings. The molecule has 3 aromatic rings. The summed E-state index contributed by atoms with van der Waals surface area (Å²) in [5.74, 6) is -2.13. The number of amides is 1. The highest BCUT2D eigenvalue weighted by atomic mass is 16.6. The fourth-order valence-corrected chi connectivity index (χ4v) is 4.67. The van der Waals surface area contributed by atoms with Gasteiger partial charge in [-0.15, -0.1) is 0 Å². The topological polar surface area (TPSA) is 81.7 Å². The predicted molar refractivity (Wildman–Crippen MR) is 172 cm³/mol. The number of carbonyl (C=O) groups is 3. The summed E-state index contributed by atoms with van der Waals surface area (Å²) in [6.07, 6.45) is 4.02. The van der Waals surface area contributed by atoms with E-state index in [1.54, 1.807) is 20.8 Å². The van der Waals surface area contributed by atoms with Crippen LogP contribution in [0.4, 0.5) is 0 Å². The SMILES string of the molecule is Cc1cc(C=CC[C@H](CC(=O)OC(C)(C)C)C(=O)N[C@H](C(=O)OCc2ccccc2)C(C)(C)C)ccc1-c1ccccc1. The molecule has 0 spiro atoms. The molecule has 0 saturated heterocycles. The van der Waals surface area contributed by atoms with Crippen LogP contribution in [0.5, 0.6) is 0 Å². The molecule has 0 saturated carbocycles. The number of nitrogens with one attached hydrogen (secondary N) is 1. The molecule has 1 N–H and O–H groups in total. The molecule has 2 atom stereocenters. The minimum atomic E-state index is -0.901. The van der Waals surface area contributed by atoms with E-state index in [4.69, 9.17) is 9.47 Å². The maximum absolute atomic E-state index is 13.6. The van der Waals surface area contributed by atoms with Gasteiger partial charge >= 0.3 is 11.9 Å². The number of hydrogen-bond donors (Lipinski definition) is 1. The Balaban J connectivity index is 1.76. The average molecular weight is 584 g/mol. The van der Waals surface area contributed by atoms with Crippen molar-refractivity contribution in [2.45, 2.75) is 79.6 Å². The molecule has 0 heterocycles. The first kappa shape index (κ1) is 33.3. The van der Waals surface area contributed by atoms with Crippen molar-refractivity contribution in [1.82, 2.24) is 5.32 Å². The van der Waals surface area contributed by atoms with Crippen molar-refractivity contribution in [3.63, 3.8) is 0 Å². The number of ether oxygens (including phenoxy) is 2. The van der Waals surface area contributed by atoms with Crippen LogP contribution in [0.25, 0.3) is 17.2 Å². The smallest absolute Gasteiger partial charge is 0.329 e. The van der Waals surface area contributed by atoms with Crippen molar-refractivity contribution in [1.29, 1.82) is 0 Å². The lowest BCUT2D eigenvalue weighted by Gasteiger charge is -2.31. The zero-order valence-electron chi connectivity index (χ0n) is 26.5. The molecule has 3 rings (SSSR count). The number of aryl methyl sites for hydroxylation is 1. The van der Waals surface area contributed by atoms with Crippen molar-refractivity contribution in [2.24, 2.45) is 11.3 Å². The van der Waals surface area contributed by atoms with Crippen LogP contribution in [0.15, 0.2) is 84.9 Å². The molecule has 0 unspecified atom stereocenters. The van der Waals surface area contributed by atoms with Gasteiger partial charge < -0.3 is 14.8 Å². The van der Waals surface area contributed by atoms with Crippen LogP contribution in [0.2, 0.25) is 0 Å². The molecular weight excluding hydrogens is 538 g/mol. The van der Waals surface area contributed by atoms with E-state index in [1.165, 1.54) is 0 Å². The second kappa shape index (κ2) is 14.8. The van der Waals surface area contributed by atoms with Gasteiger partial charge in [-0.3, -0.25) is 9.59 Å². The standard InChI is InChI=1S/C37H45NO5/c1-26-23-27(21-22-31(26)29-18-12-9-13-19-29)17-14-20-30(24-32(39)43-37(5,6)7)34(40)38-33(36(2,3)4)35(41)42-25-28-15-10-8-11-16-28/h8-19,21-23,30,33H,20,24-25H2,1-7H3,(H,38,40)/t30-,33-/m1/s1. The zero-order valence-corrected chi connectivity index (χ0v) is 26.5. The summed E-state index contributed by atoms with van der Waals surface area (Å²) < 4.78 is 11.1. The second-order valence-corrected chi connectivity index (χ2v) is 13.0. The summed E-state index contributed by atoms with van der Waals surface area (Å²) in [7, 11) is 0. The van der Waals surface area contributed by atoms with Crippen LogP contribution in [0.3, 0.4) is 0 Å². The van der Waals surface area contributed by atoms with Gasteiger partial charge in [-0.1, -0.05) is 112 Å². The second-order valence-electron chi connectivity index (χ2n) is 13.0. The molecule has 0 aliphatic carbocycles. The van der Waals surface area contributed by atoms with Crippen molar-refractivity contribution < 1.29 is 23.9 Å². The first-order valence-electron chi connectivity index (χ1n) is 14.8. The van der Waals surface area contributed by atoms with E-state index in [0.717, 1.165) is 27.8 Å². The molecule has 43 heavy (non-hydrogen) atoms. The predicted octanol–water partition coefficient (Wildman–Crippen LogP) is 7.69. The van der Waals surface area contributed by atoms with Crippen LogP contribution < -0.4 is 5.32 Å². The highest BCUT2D eigenvalue weighted by molar-refractivity contribution is 5.88. The first-order chi connectivity index (χ1) is 20.2. The highest BCUT2D eigenvalue weighted by Crippen LogP contribution is 2.26. The lowest BCUT2D eigenvalue weighted by Crippen LogP contribution is -2.51. The van der Waals surface area contributed by atoms with Gasteiger partial charge in [-0.05, 0) is 67.3 Å². The molecule has 3 aromatic carbocycles. The van der Waals surface area contributed by atoms with Crippen molar-refractivity contribution >= 4 is 23.9 Å². The van der Waals surface area contributed by atoms with E-state index < -0.39 is 40.8 Å². The average Bonchev–Trinajstić information content (AvgIpc) is 2.93. The van der Waals surface area contributed by atoms with Gasteiger partial charge in [0.2, 0.25) is 5.91 Å².